The molecular weight excluding hydrogens is 212 g/mol. The number of hydrogen-bond acceptors (Lipinski definition) is 5. The van der Waals surface area contributed by atoms with Crippen LogP contribution in [0.2, 0.25) is 0 Å². The zero-order valence-electron chi connectivity index (χ0n) is 9.19. The van der Waals surface area contributed by atoms with Crippen molar-refractivity contribution in [1.82, 2.24) is 20.2 Å². The van der Waals surface area contributed by atoms with Gasteiger partial charge in [-0.2, -0.15) is 0 Å². The molecule has 0 aliphatic heterocycles. The highest BCUT2D eigenvalue weighted by Crippen LogP contribution is 2.24. The number of aromatic nitrogens is 4. The number of amidine groups is 1. The van der Waals surface area contributed by atoms with Gasteiger partial charge in [-0.3, -0.25) is 5.41 Å². The van der Waals surface area contributed by atoms with Gasteiger partial charge in [0.15, 0.2) is 0 Å². The molecule has 0 saturated carbocycles. The first kappa shape index (κ1) is 12.0. The zero-order chi connectivity index (χ0) is 11.5. The van der Waals surface area contributed by atoms with Crippen molar-refractivity contribution in [3.63, 3.8) is 0 Å². The van der Waals surface area contributed by atoms with E-state index in [2.05, 4.69) is 15.5 Å². The molecule has 15 heavy (non-hydrogen) atoms. The molecule has 0 unspecified atom stereocenters. The molecular formula is C8H16N6S. The summed E-state index contributed by atoms with van der Waals surface area (Å²) in [6, 6.07) is 0. The highest BCUT2D eigenvalue weighted by Gasteiger charge is 2.21. The van der Waals surface area contributed by atoms with E-state index in [0.29, 0.717) is 0 Å². The van der Waals surface area contributed by atoms with Crippen molar-refractivity contribution in [1.29, 1.82) is 5.41 Å². The molecule has 3 N–H and O–H groups in total. The molecule has 0 atom stereocenters. The summed E-state index contributed by atoms with van der Waals surface area (Å²) in [6.07, 6.45) is 0.833. The van der Waals surface area contributed by atoms with E-state index in [1.807, 2.05) is 13.8 Å². The Hall–Kier alpha value is -1.11. The van der Waals surface area contributed by atoms with Gasteiger partial charge in [0, 0.05) is 18.2 Å². The number of nitrogens with two attached hydrogens (primary N) is 1. The Labute approximate surface area is 93.1 Å². The topological polar surface area (TPSA) is 93.5 Å². The third-order valence-corrected chi connectivity index (χ3v) is 3.28. The molecule has 0 radical (unpaired) electrons. The summed E-state index contributed by atoms with van der Waals surface area (Å²) in [5.41, 5.74) is 5.24. The molecule has 0 aliphatic rings. The first-order valence-electron chi connectivity index (χ1n) is 4.63. The summed E-state index contributed by atoms with van der Waals surface area (Å²) in [6.45, 7) is 3.93. The van der Waals surface area contributed by atoms with Crippen molar-refractivity contribution in [2.45, 2.75) is 25.4 Å². The van der Waals surface area contributed by atoms with Gasteiger partial charge in [0.05, 0.1) is 5.84 Å². The smallest absolute Gasteiger partial charge is 0.209 e. The predicted molar refractivity (Wildman–Crippen MR) is 59.8 cm³/mol. The molecule has 6 nitrogen and oxygen atoms in total. The quantitative estimate of drug-likeness (QED) is 0.438. The second kappa shape index (κ2) is 4.61. The summed E-state index contributed by atoms with van der Waals surface area (Å²) < 4.78 is 1.63. The average Bonchev–Trinajstić information content (AvgIpc) is 2.51. The fraction of sp³-hybridized carbons (Fsp3) is 0.750. The monoisotopic (exact) mass is 228 g/mol. The van der Waals surface area contributed by atoms with Crippen LogP contribution >= 0.6 is 11.8 Å². The van der Waals surface area contributed by atoms with Gasteiger partial charge in [0.25, 0.3) is 0 Å². The zero-order valence-corrected chi connectivity index (χ0v) is 10.0. The molecule has 84 valence electrons. The maximum absolute atomic E-state index is 7.42. The lowest BCUT2D eigenvalue weighted by Crippen LogP contribution is -2.31. The van der Waals surface area contributed by atoms with Crippen molar-refractivity contribution in [2.75, 3.05) is 5.75 Å². The van der Waals surface area contributed by atoms with Crippen LogP contribution in [-0.2, 0) is 7.05 Å². The summed E-state index contributed by atoms with van der Waals surface area (Å²) in [5.74, 6) is 1.07. The third-order valence-electron chi connectivity index (χ3n) is 2.27. The summed E-state index contributed by atoms with van der Waals surface area (Å²) >= 11 is 1.57. The van der Waals surface area contributed by atoms with Crippen LogP contribution in [0, 0.1) is 10.8 Å². The Bertz CT molecular complexity index is 345. The molecule has 0 fully saturated rings. The molecule has 0 spiro atoms. The van der Waals surface area contributed by atoms with Gasteiger partial charge in [-0.1, -0.05) is 25.6 Å². The Kier molecular flexibility index (Phi) is 3.67. The lowest BCUT2D eigenvalue weighted by atomic mass is 9.89. The van der Waals surface area contributed by atoms with Crippen LogP contribution in [0.15, 0.2) is 5.16 Å². The van der Waals surface area contributed by atoms with Crippen LogP contribution in [0.5, 0.6) is 0 Å². The first-order valence-corrected chi connectivity index (χ1v) is 5.62. The van der Waals surface area contributed by atoms with Crippen molar-refractivity contribution < 1.29 is 0 Å². The highest BCUT2D eigenvalue weighted by atomic mass is 32.2. The fourth-order valence-electron chi connectivity index (χ4n) is 0.876. The number of aryl methyl sites for hydroxylation is 1. The van der Waals surface area contributed by atoms with Crippen LogP contribution in [0.25, 0.3) is 0 Å². The Morgan fingerprint density at radius 3 is 2.73 bits per heavy atom. The minimum absolute atomic E-state index is 0.221. The van der Waals surface area contributed by atoms with Gasteiger partial charge < -0.3 is 5.73 Å². The van der Waals surface area contributed by atoms with Gasteiger partial charge in [0.1, 0.15) is 0 Å². The number of thioether (sulfide) groups is 1. The number of hydrogen-bond donors (Lipinski definition) is 2. The van der Waals surface area contributed by atoms with E-state index in [9.17, 15) is 0 Å². The van der Waals surface area contributed by atoms with Gasteiger partial charge >= 0.3 is 0 Å². The second-order valence-corrected chi connectivity index (χ2v) is 5.04. The van der Waals surface area contributed by atoms with E-state index in [4.69, 9.17) is 11.1 Å². The molecule has 0 saturated heterocycles. The second-order valence-electron chi connectivity index (χ2n) is 3.98. The standard InChI is InChI=1S/C8H16N6S/c1-8(2,6(9)10)4-5-15-7-11-12-13-14(7)3/h4-5H2,1-3H3,(H3,9,10). The van der Waals surface area contributed by atoms with Crippen molar-refractivity contribution >= 4 is 17.6 Å². The molecule has 0 bridgehead atoms. The van der Waals surface area contributed by atoms with Crippen LogP contribution in [-0.4, -0.2) is 31.8 Å². The van der Waals surface area contributed by atoms with E-state index < -0.39 is 0 Å². The third kappa shape index (κ3) is 3.19. The van der Waals surface area contributed by atoms with Gasteiger partial charge in [-0.25, -0.2) is 4.68 Å². The van der Waals surface area contributed by atoms with Gasteiger partial charge in [0.2, 0.25) is 5.16 Å². The highest BCUT2D eigenvalue weighted by molar-refractivity contribution is 7.99. The predicted octanol–water partition coefficient (Wildman–Crippen LogP) is 0.654. The summed E-state index contributed by atoms with van der Waals surface area (Å²) in [7, 11) is 1.80. The Balaban J connectivity index is 2.40. The average molecular weight is 228 g/mol. The van der Waals surface area contributed by atoms with Crippen molar-refractivity contribution in [3.05, 3.63) is 0 Å². The van der Waals surface area contributed by atoms with Crippen LogP contribution < -0.4 is 5.73 Å². The molecule has 1 heterocycles. The molecule has 0 aromatic carbocycles. The van der Waals surface area contributed by atoms with Crippen LogP contribution in [0.1, 0.15) is 20.3 Å². The number of nitrogens with one attached hydrogen (secondary N) is 1. The van der Waals surface area contributed by atoms with E-state index in [-0.39, 0.29) is 11.3 Å². The van der Waals surface area contributed by atoms with Crippen molar-refractivity contribution in [2.24, 2.45) is 18.2 Å². The van der Waals surface area contributed by atoms with E-state index >= 15 is 0 Å². The largest absolute Gasteiger partial charge is 0.387 e. The van der Waals surface area contributed by atoms with Gasteiger partial charge in [-0.15, -0.1) is 5.10 Å². The Morgan fingerprint density at radius 2 is 2.27 bits per heavy atom. The molecule has 1 aromatic heterocycles. The van der Waals surface area contributed by atoms with Gasteiger partial charge in [-0.05, 0) is 16.8 Å². The normalized spacial score (nSPS) is 11.7. The molecule has 7 heteroatoms. The van der Waals surface area contributed by atoms with E-state index in [0.717, 1.165) is 17.3 Å². The molecule has 0 aliphatic carbocycles. The summed E-state index contributed by atoms with van der Waals surface area (Å²) in [4.78, 5) is 0. The lowest BCUT2D eigenvalue weighted by Gasteiger charge is -2.21. The fourth-order valence-corrected chi connectivity index (χ4v) is 1.99. The maximum atomic E-state index is 7.42. The SMILES string of the molecule is Cn1nnnc1SCCC(C)(C)C(=N)N. The maximum Gasteiger partial charge on any atom is 0.209 e. The van der Waals surface area contributed by atoms with E-state index in [1.54, 1.807) is 23.5 Å². The minimum Gasteiger partial charge on any atom is -0.387 e. The molecule has 1 aromatic rings. The molecule has 1 rings (SSSR count). The Morgan fingerprint density at radius 1 is 1.60 bits per heavy atom. The summed E-state index contributed by atoms with van der Waals surface area (Å²) in [5, 5.41) is 19.3. The lowest BCUT2D eigenvalue weighted by molar-refractivity contribution is 0.499. The number of nitrogens with zero attached hydrogens (tertiary/aromatic N) is 4. The van der Waals surface area contributed by atoms with E-state index in [1.165, 1.54) is 0 Å². The van der Waals surface area contributed by atoms with Crippen LogP contribution in [0.3, 0.4) is 0 Å². The van der Waals surface area contributed by atoms with Crippen molar-refractivity contribution in [3.8, 4) is 0 Å². The molecule has 0 amide bonds. The number of tetrazole rings is 1. The number of rotatable bonds is 5. The minimum atomic E-state index is -0.251. The van der Waals surface area contributed by atoms with Crippen LogP contribution in [0.4, 0.5) is 0 Å². The first-order chi connectivity index (χ1) is 6.93.